The van der Waals surface area contributed by atoms with Crippen molar-refractivity contribution in [3.63, 3.8) is 0 Å². The molecule has 3 aliphatic rings. The summed E-state index contributed by atoms with van der Waals surface area (Å²) >= 11 is 0. The normalized spacial score (nSPS) is 30.2. The van der Waals surface area contributed by atoms with E-state index in [1.165, 1.54) is 77.0 Å². The third kappa shape index (κ3) is 8.28. The Morgan fingerprint density at radius 3 is 1.76 bits per heavy atom. The van der Waals surface area contributed by atoms with Crippen LogP contribution in [-0.4, -0.2) is 0 Å². The number of unbranched alkanes of at least 4 members (excludes halogenated alkanes) is 4. The van der Waals surface area contributed by atoms with Crippen LogP contribution in [0, 0.1) is 35.3 Å². The van der Waals surface area contributed by atoms with Crippen molar-refractivity contribution < 1.29 is 8.78 Å². The average molecular weight is 525 g/mol. The van der Waals surface area contributed by atoms with E-state index in [4.69, 9.17) is 0 Å². The van der Waals surface area contributed by atoms with E-state index in [0.29, 0.717) is 23.0 Å². The summed E-state index contributed by atoms with van der Waals surface area (Å²) in [5.41, 5.74) is 1.27. The predicted octanol–water partition coefficient (Wildman–Crippen LogP) is 11.8. The maximum absolute atomic E-state index is 15.3. The minimum atomic E-state index is -0.549. The Labute approximate surface area is 232 Å². The summed E-state index contributed by atoms with van der Waals surface area (Å²) < 4.78 is 30.6. The number of rotatable bonds is 12. The van der Waals surface area contributed by atoms with Gasteiger partial charge in [0.1, 0.15) is 0 Å². The molecule has 2 unspecified atom stereocenters. The summed E-state index contributed by atoms with van der Waals surface area (Å²) in [5, 5.41) is 0. The highest BCUT2D eigenvalue weighted by molar-refractivity contribution is 5.32. The first-order valence-electron chi connectivity index (χ1n) is 16.4. The van der Waals surface area contributed by atoms with Crippen molar-refractivity contribution in [2.75, 3.05) is 0 Å². The number of allylic oxidation sites excluding steroid dienone is 4. The van der Waals surface area contributed by atoms with Gasteiger partial charge in [-0.1, -0.05) is 95.2 Å². The Bertz CT molecular complexity index is 883. The first-order chi connectivity index (χ1) is 18.6. The number of hydrogen-bond acceptors (Lipinski definition) is 0. The second-order valence-electron chi connectivity index (χ2n) is 13.0. The summed E-state index contributed by atoms with van der Waals surface area (Å²) in [6.07, 6.45) is 31.4. The fourth-order valence-corrected chi connectivity index (χ4v) is 7.53. The molecule has 2 saturated carbocycles. The monoisotopic (exact) mass is 524 g/mol. The fourth-order valence-electron chi connectivity index (χ4n) is 7.53. The fraction of sp³-hybridized carbons (Fsp3) is 0.722. The lowest BCUT2D eigenvalue weighted by atomic mass is 9.75. The van der Waals surface area contributed by atoms with Crippen molar-refractivity contribution in [2.24, 2.45) is 23.7 Å². The van der Waals surface area contributed by atoms with E-state index in [1.54, 1.807) is 0 Å². The van der Waals surface area contributed by atoms with Gasteiger partial charge in [0.25, 0.3) is 0 Å². The molecular weight excluding hydrogens is 470 g/mol. The van der Waals surface area contributed by atoms with Gasteiger partial charge in [0.15, 0.2) is 11.6 Å². The van der Waals surface area contributed by atoms with E-state index in [2.05, 4.69) is 38.2 Å². The molecule has 2 atom stereocenters. The van der Waals surface area contributed by atoms with E-state index >= 15 is 8.78 Å². The predicted molar refractivity (Wildman–Crippen MR) is 159 cm³/mol. The van der Waals surface area contributed by atoms with Gasteiger partial charge in [0, 0.05) is 0 Å². The number of benzene rings is 1. The van der Waals surface area contributed by atoms with Crippen molar-refractivity contribution in [3.8, 4) is 0 Å². The highest BCUT2D eigenvalue weighted by Crippen LogP contribution is 2.42. The Hall–Kier alpha value is -1.44. The molecule has 0 aromatic heterocycles. The molecule has 2 fully saturated rings. The molecule has 1 aromatic carbocycles. The zero-order chi connectivity index (χ0) is 26.7. The highest BCUT2D eigenvalue weighted by Gasteiger charge is 2.29. The standard InChI is InChI=1S/C36H54F2/c1-3-5-7-9-27-11-13-29(14-12-27)15-16-30-19-23-32(24-20-30)34-26-25-33(35(37)36(34)38)31-21-17-28(18-22-31)10-8-6-4-2/h11,13,15-16,25-32H,3-10,12,14,17-24H2,1-2H3/b16-15+. The van der Waals surface area contributed by atoms with Crippen LogP contribution in [0.4, 0.5) is 8.78 Å². The van der Waals surface area contributed by atoms with Crippen LogP contribution in [0.2, 0.25) is 0 Å². The molecule has 0 amide bonds. The average Bonchev–Trinajstić information content (AvgIpc) is 2.95. The highest BCUT2D eigenvalue weighted by atomic mass is 19.2. The Morgan fingerprint density at radius 1 is 0.632 bits per heavy atom. The summed E-state index contributed by atoms with van der Waals surface area (Å²) in [4.78, 5) is 0. The van der Waals surface area contributed by atoms with Crippen molar-refractivity contribution >= 4 is 0 Å². The second kappa shape index (κ2) is 15.4. The SMILES string of the molecule is CCCCCC1C=CC(/C=C/C2CCC(c3ccc(C4CCC(CCCCC)CC4)c(F)c3F)CC2)CC1. The van der Waals surface area contributed by atoms with Crippen LogP contribution in [0.25, 0.3) is 0 Å². The molecule has 3 aliphatic carbocycles. The summed E-state index contributed by atoms with van der Waals surface area (Å²) in [5.74, 6) is 2.01. The lowest BCUT2D eigenvalue weighted by molar-refractivity contribution is 0.297. The minimum absolute atomic E-state index is 0.163. The van der Waals surface area contributed by atoms with Crippen molar-refractivity contribution in [2.45, 2.75) is 141 Å². The lowest BCUT2D eigenvalue weighted by Crippen LogP contribution is -2.17. The molecule has 0 heterocycles. The molecule has 2 heteroatoms. The van der Waals surface area contributed by atoms with Crippen LogP contribution in [-0.2, 0) is 0 Å². The molecule has 0 saturated heterocycles. The number of halogens is 2. The second-order valence-corrected chi connectivity index (χ2v) is 13.0. The maximum Gasteiger partial charge on any atom is 0.162 e. The first-order valence-corrected chi connectivity index (χ1v) is 16.4. The van der Waals surface area contributed by atoms with Gasteiger partial charge in [-0.3, -0.25) is 0 Å². The topological polar surface area (TPSA) is 0 Å². The lowest BCUT2D eigenvalue weighted by Gasteiger charge is -2.30. The maximum atomic E-state index is 15.3. The Morgan fingerprint density at radius 2 is 1.21 bits per heavy atom. The molecule has 0 nitrogen and oxygen atoms in total. The molecule has 0 bridgehead atoms. The Balaban J connectivity index is 1.24. The smallest absolute Gasteiger partial charge is 0.162 e. The van der Waals surface area contributed by atoms with Gasteiger partial charge in [-0.15, -0.1) is 0 Å². The molecule has 0 N–H and O–H groups in total. The van der Waals surface area contributed by atoms with Crippen LogP contribution in [0.5, 0.6) is 0 Å². The molecule has 0 radical (unpaired) electrons. The molecule has 1 aromatic rings. The quantitative estimate of drug-likeness (QED) is 0.188. The zero-order valence-electron chi connectivity index (χ0n) is 24.4. The van der Waals surface area contributed by atoms with Crippen molar-refractivity contribution in [1.29, 1.82) is 0 Å². The zero-order valence-corrected chi connectivity index (χ0v) is 24.4. The van der Waals surface area contributed by atoms with Gasteiger partial charge in [-0.05, 0) is 117 Å². The van der Waals surface area contributed by atoms with Crippen molar-refractivity contribution in [1.82, 2.24) is 0 Å². The molecule has 0 aliphatic heterocycles. The van der Waals surface area contributed by atoms with Gasteiger partial charge < -0.3 is 0 Å². The first kappa shape index (κ1) is 29.5. The summed E-state index contributed by atoms with van der Waals surface area (Å²) in [7, 11) is 0. The number of hydrogen-bond donors (Lipinski definition) is 0. The van der Waals surface area contributed by atoms with Gasteiger partial charge in [0.05, 0.1) is 0 Å². The third-order valence-electron chi connectivity index (χ3n) is 10.2. The van der Waals surface area contributed by atoms with Crippen LogP contribution < -0.4 is 0 Å². The van der Waals surface area contributed by atoms with E-state index < -0.39 is 11.6 Å². The molecule has 4 rings (SSSR count). The van der Waals surface area contributed by atoms with Gasteiger partial charge in [-0.25, -0.2) is 8.78 Å². The molecule has 0 spiro atoms. The summed E-state index contributed by atoms with van der Waals surface area (Å²) in [6.45, 7) is 4.52. The van der Waals surface area contributed by atoms with Crippen LogP contribution in [0.3, 0.4) is 0 Å². The van der Waals surface area contributed by atoms with E-state index in [0.717, 1.165) is 50.4 Å². The van der Waals surface area contributed by atoms with Crippen LogP contribution >= 0.6 is 0 Å². The van der Waals surface area contributed by atoms with Gasteiger partial charge in [-0.2, -0.15) is 0 Å². The van der Waals surface area contributed by atoms with Crippen LogP contribution in [0.1, 0.15) is 152 Å². The van der Waals surface area contributed by atoms with E-state index in [9.17, 15) is 0 Å². The van der Waals surface area contributed by atoms with E-state index in [1.807, 2.05) is 12.1 Å². The van der Waals surface area contributed by atoms with Gasteiger partial charge in [0.2, 0.25) is 0 Å². The molecular formula is C36H54F2. The molecule has 212 valence electrons. The third-order valence-corrected chi connectivity index (χ3v) is 10.2. The van der Waals surface area contributed by atoms with Crippen molar-refractivity contribution in [3.05, 3.63) is 59.2 Å². The molecule has 38 heavy (non-hydrogen) atoms. The Kier molecular flexibility index (Phi) is 12.0. The van der Waals surface area contributed by atoms with E-state index in [-0.39, 0.29) is 11.8 Å². The van der Waals surface area contributed by atoms with Gasteiger partial charge >= 0.3 is 0 Å². The minimum Gasteiger partial charge on any atom is -0.203 e. The largest absolute Gasteiger partial charge is 0.203 e. The van der Waals surface area contributed by atoms with Crippen LogP contribution in [0.15, 0.2) is 36.4 Å². The summed E-state index contributed by atoms with van der Waals surface area (Å²) in [6, 6.07) is 3.87.